The number of halogens is 2. The molecule has 0 saturated carbocycles. The van der Waals surface area contributed by atoms with Crippen LogP contribution in [0.5, 0.6) is 5.75 Å². The minimum absolute atomic E-state index is 0.000741. The monoisotopic (exact) mass is 512 g/mol. The Balaban J connectivity index is 1.36. The van der Waals surface area contributed by atoms with Crippen LogP contribution in [0.25, 0.3) is 10.9 Å². The van der Waals surface area contributed by atoms with Crippen LogP contribution in [-0.2, 0) is 16.0 Å². The van der Waals surface area contributed by atoms with Gasteiger partial charge in [0.2, 0.25) is 0 Å². The Bertz CT molecular complexity index is 1360. The number of morpholine rings is 1. The van der Waals surface area contributed by atoms with E-state index in [-0.39, 0.29) is 22.7 Å². The van der Waals surface area contributed by atoms with Crippen molar-refractivity contribution in [3.05, 3.63) is 64.1 Å². The molecule has 188 valence electrons. The fourth-order valence-corrected chi connectivity index (χ4v) is 5.86. The van der Waals surface area contributed by atoms with Crippen molar-refractivity contribution in [1.29, 1.82) is 0 Å². The van der Waals surface area contributed by atoms with Crippen LogP contribution in [0.15, 0.2) is 36.4 Å². The number of urea groups is 1. The van der Waals surface area contributed by atoms with Gasteiger partial charge in [-0.1, -0.05) is 23.7 Å². The van der Waals surface area contributed by atoms with E-state index in [0.717, 1.165) is 30.6 Å². The maximum Gasteiger partial charge on any atom is 0.328 e. The number of carbonyl (C=O) groups excluding carboxylic acids is 2. The number of aromatic hydroxyl groups is 1. The molecule has 3 aliphatic heterocycles. The first-order valence-electron chi connectivity index (χ1n) is 12.1. The van der Waals surface area contributed by atoms with Crippen LogP contribution < -0.4 is 0 Å². The zero-order valence-electron chi connectivity index (χ0n) is 19.5. The second-order valence-electron chi connectivity index (χ2n) is 9.53. The average molecular weight is 513 g/mol. The Morgan fingerprint density at radius 1 is 1.14 bits per heavy atom. The van der Waals surface area contributed by atoms with Crippen LogP contribution >= 0.6 is 11.6 Å². The number of rotatable bonds is 5. The maximum atomic E-state index is 14.2. The number of nitrogens with one attached hydrogen (secondary N) is 1. The second-order valence-corrected chi connectivity index (χ2v) is 9.94. The van der Waals surface area contributed by atoms with Crippen LogP contribution in [0, 0.1) is 5.82 Å². The number of phenolic OH excluding ortho intramolecular Hbond substituents is 1. The highest BCUT2D eigenvalue weighted by molar-refractivity contribution is 6.31. The lowest BCUT2D eigenvalue weighted by Gasteiger charge is -2.36. The van der Waals surface area contributed by atoms with E-state index in [1.165, 1.54) is 11.0 Å². The molecule has 2 fully saturated rings. The van der Waals surface area contributed by atoms with Gasteiger partial charge in [-0.15, -0.1) is 0 Å². The number of benzene rings is 2. The summed E-state index contributed by atoms with van der Waals surface area (Å²) in [5.74, 6) is -0.724. The molecule has 36 heavy (non-hydrogen) atoms. The van der Waals surface area contributed by atoms with E-state index in [9.17, 15) is 19.1 Å². The van der Waals surface area contributed by atoms with Crippen molar-refractivity contribution in [2.75, 3.05) is 39.4 Å². The van der Waals surface area contributed by atoms with Gasteiger partial charge in [0.1, 0.15) is 23.7 Å². The molecule has 0 spiro atoms. The molecule has 0 bridgehead atoms. The Kier molecular flexibility index (Phi) is 5.86. The van der Waals surface area contributed by atoms with Gasteiger partial charge in [0.25, 0.3) is 5.91 Å². The number of aromatic nitrogens is 1. The van der Waals surface area contributed by atoms with Gasteiger partial charge in [0, 0.05) is 49.2 Å². The molecule has 1 unspecified atom stereocenters. The van der Waals surface area contributed by atoms with Crippen molar-refractivity contribution in [3.63, 3.8) is 0 Å². The highest BCUT2D eigenvalue weighted by Gasteiger charge is 2.52. The summed E-state index contributed by atoms with van der Waals surface area (Å²) >= 11 is 6.10. The number of amides is 3. The number of carbonyl (C=O) groups is 2. The molecule has 6 rings (SSSR count). The maximum absolute atomic E-state index is 14.2. The normalized spacial score (nSPS) is 22.4. The van der Waals surface area contributed by atoms with Gasteiger partial charge in [-0.05, 0) is 41.8 Å². The van der Waals surface area contributed by atoms with Crippen LogP contribution in [-0.4, -0.2) is 82.2 Å². The third kappa shape index (κ3) is 3.82. The summed E-state index contributed by atoms with van der Waals surface area (Å²) < 4.78 is 19.6. The molecule has 0 radical (unpaired) electrons. The van der Waals surface area contributed by atoms with Gasteiger partial charge >= 0.3 is 6.03 Å². The zero-order chi connectivity index (χ0) is 25.0. The third-order valence-electron chi connectivity index (χ3n) is 7.41. The van der Waals surface area contributed by atoms with Gasteiger partial charge in [-0.2, -0.15) is 0 Å². The minimum atomic E-state index is -0.691. The number of hydrogen-bond acceptors (Lipinski definition) is 5. The van der Waals surface area contributed by atoms with Crippen molar-refractivity contribution >= 4 is 34.4 Å². The SMILES string of the molecule is O=C1[C@@H]2Cc3c([nH]c4cc(F)c(Cl)cc34)C(c3cccc(O)c3)N2C(=O)N1CCCN1CCOCC1. The predicted octanol–water partition coefficient (Wildman–Crippen LogP) is 3.67. The number of ether oxygens (including phenoxy) is 1. The van der Waals surface area contributed by atoms with E-state index in [1.54, 1.807) is 29.2 Å². The lowest BCUT2D eigenvalue weighted by Crippen LogP contribution is -2.44. The molecule has 2 N–H and O–H groups in total. The molecule has 3 amide bonds. The summed E-state index contributed by atoms with van der Waals surface area (Å²) in [5.41, 5.74) is 2.74. The number of hydrogen-bond donors (Lipinski definition) is 2. The quantitative estimate of drug-likeness (QED) is 0.509. The smallest absolute Gasteiger partial charge is 0.328 e. The lowest BCUT2D eigenvalue weighted by molar-refractivity contribution is -0.128. The summed E-state index contributed by atoms with van der Waals surface area (Å²) in [7, 11) is 0. The van der Waals surface area contributed by atoms with E-state index in [4.69, 9.17) is 16.3 Å². The summed E-state index contributed by atoms with van der Waals surface area (Å²) in [5, 5.41) is 10.9. The first-order valence-corrected chi connectivity index (χ1v) is 12.5. The number of phenols is 1. The van der Waals surface area contributed by atoms with Crippen LogP contribution in [0.2, 0.25) is 5.02 Å². The Labute approximate surface area is 212 Å². The average Bonchev–Trinajstić information content (AvgIpc) is 3.33. The van der Waals surface area contributed by atoms with Crippen molar-refractivity contribution in [2.45, 2.75) is 24.9 Å². The fraction of sp³-hybridized carbons (Fsp3) is 0.385. The largest absolute Gasteiger partial charge is 0.508 e. The fourth-order valence-electron chi connectivity index (χ4n) is 5.70. The molecule has 0 aliphatic carbocycles. The molecule has 2 atom stereocenters. The van der Waals surface area contributed by atoms with Crippen LogP contribution in [0.3, 0.4) is 0 Å². The molecular formula is C26H26ClFN4O4. The van der Waals surface area contributed by atoms with Crippen molar-refractivity contribution in [3.8, 4) is 5.75 Å². The molecule has 1 aromatic heterocycles. The first-order chi connectivity index (χ1) is 17.4. The highest BCUT2D eigenvalue weighted by Crippen LogP contribution is 2.45. The number of H-pyrrole nitrogens is 1. The van der Waals surface area contributed by atoms with Gasteiger partial charge in [-0.25, -0.2) is 9.18 Å². The molecule has 2 saturated heterocycles. The topological polar surface area (TPSA) is 89.1 Å². The number of imide groups is 1. The van der Waals surface area contributed by atoms with Crippen molar-refractivity contribution in [2.24, 2.45) is 0 Å². The van der Waals surface area contributed by atoms with Gasteiger partial charge in [0.05, 0.1) is 18.2 Å². The molecule has 10 heteroatoms. The van der Waals surface area contributed by atoms with Gasteiger partial charge < -0.3 is 14.8 Å². The van der Waals surface area contributed by atoms with E-state index in [0.29, 0.717) is 49.4 Å². The Morgan fingerprint density at radius 3 is 2.72 bits per heavy atom. The molecule has 4 heterocycles. The molecule has 3 aromatic rings. The highest BCUT2D eigenvalue weighted by atomic mass is 35.5. The van der Waals surface area contributed by atoms with Gasteiger partial charge in [0.15, 0.2) is 0 Å². The van der Waals surface area contributed by atoms with Crippen molar-refractivity contribution < 1.29 is 23.8 Å². The number of fused-ring (bicyclic) bond motifs is 4. The first kappa shape index (κ1) is 23.3. The summed E-state index contributed by atoms with van der Waals surface area (Å²) in [6.07, 6.45) is 0.981. The van der Waals surface area contributed by atoms with Crippen LogP contribution in [0.1, 0.15) is 29.3 Å². The molecule has 2 aromatic carbocycles. The van der Waals surface area contributed by atoms with E-state index in [2.05, 4.69) is 9.88 Å². The molecule has 3 aliphatic rings. The second kappa shape index (κ2) is 9.06. The summed E-state index contributed by atoms with van der Waals surface area (Å²) in [4.78, 5) is 35.7. The number of aromatic amines is 1. The Morgan fingerprint density at radius 2 is 1.94 bits per heavy atom. The summed E-state index contributed by atoms with van der Waals surface area (Å²) in [6.45, 7) is 4.21. The van der Waals surface area contributed by atoms with E-state index in [1.807, 2.05) is 6.07 Å². The lowest BCUT2D eigenvalue weighted by atomic mass is 9.89. The standard InChI is InChI=1S/C26H26ClFN4O4/c27-19-12-17-18-13-22-25(34)31(6-2-5-30-7-9-36-10-8-30)26(35)32(22)24(15-3-1-4-16(33)11-15)23(18)29-21(17)14-20(19)28/h1,3-4,11-12,14,22,24,29,33H,2,5-10,13H2/t22-,24?/m0/s1. The minimum Gasteiger partial charge on any atom is -0.508 e. The van der Waals surface area contributed by atoms with E-state index < -0.39 is 17.9 Å². The van der Waals surface area contributed by atoms with E-state index >= 15 is 0 Å². The van der Waals surface area contributed by atoms with Crippen molar-refractivity contribution in [1.82, 2.24) is 19.7 Å². The van der Waals surface area contributed by atoms with Gasteiger partial charge in [-0.3, -0.25) is 19.5 Å². The zero-order valence-corrected chi connectivity index (χ0v) is 20.3. The molecular weight excluding hydrogens is 487 g/mol. The number of nitrogens with zero attached hydrogens (tertiary/aromatic N) is 3. The predicted molar refractivity (Wildman–Crippen MR) is 132 cm³/mol. The summed E-state index contributed by atoms with van der Waals surface area (Å²) in [6, 6.07) is 7.89. The molecule has 8 nitrogen and oxygen atoms in total. The Hall–Kier alpha value is -3.14. The van der Waals surface area contributed by atoms with Crippen LogP contribution in [0.4, 0.5) is 9.18 Å². The third-order valence-corrected chi connectivity index (χ3v) is 7.70.